The third-order valence-electron chi connectivity index (χ3n) is 2.13. The molecule has 0 saturated heterocycles. The van der Waals surface area contributed by atoms with E-state index in [2.05, 4.69) is 15.9 Å². The molecule has 1 rings (SSSR count). The monoisotopic (exact) mass is 275 g/mol. The van der Waals surface area contributed by atoms with Gasteiger partial charge in [-0.25, -0.2) is 0 Å². The predicted molar refractivity (Wildman–Crippen MR) is 64.7 cm³/mol. The SMILES string of the molecule is CCC(C)S(=O)c1ccc(Br)cc1N. The van der Waals surface area contributed by atoms with Crippen LogP contribution in [0.2, 0.25) is 0 Å². The fourth-order valence-electron chi connectivity index (χ4n) is 1.07. The van der Waals surface area contributed by atoms with E-state index >= 15 is 0 Å². The van der Waals surface area contributed by atoms with Crippen molar-refractivity contribution in [1.82, 2.24) is 0 Å². The van der Waals surface area contributed by atoms with E-state index < -0.39 is 10.8 Å². The van der Waals surface area contributed by atoms with Gasteiger partial charge < -0.3 is 5.73 Å². The Morgan fingerprint density at radius 3 is 2.71 bits per heavy atom. The minimum absolute atomic E-state index is 0.151. The van der Waals surface area contributed by atoms with Crippen LogP contribution in [0.3, 0.4) is 0 Å². The molecule has 14 heavy (non-hydrogen) atoms. The molecule has 2 atom stereocenters. The van der Waals surface area contributed by atoms with Crippen molar-refractivity contribution >= 4 is 32.4 Å². The van der Waals surface area contributed by atoms with Crippen molar-refractivity contribution in [2.75, 3.05) is 5.73 Å². The van der Waals surface area contributed by atoms with Crippen LogP contribution in [-0.2, 0) is 10.8 Å². The highest BCUT2D eigenvalue weighted by Crippen LogP contribution is 2.24. The first-order chi connectivity index (χ1) is 6.56. The summed E-state index contributed by atoms with van der Waals surface area (Å²) in [5, 5.41) is 0.151. The van der Waals surface area contributed by atoms with Gasteiger partial charge in [-0.1, -0.05) is 29.8 Å². The van der Waals surface area contributed by atoms with Gasteiger partial charge in [0.2, 0.25) is 0 Å². The van der Waals surface area contributed by atoms with Crippen molar-refractivity contribution < 1.29 is 4.21 Å². The van der Waals surface area contributed by atoms with Crippen LogP contribution in [0.4, 0.5) is 5.69 Å². The van der Waals surface area contributed by atoms with Crippen LogP contribution >= 0.6 is 15.9 Å². The maximum atomic E-state index is 11.9. The Kier molecular flexibility index (Phi) is 4.13. The molecule has 2 unspecified atom stereocenters. The summed E-state index contributed by atoms with van der Waals surface area (Å²) < 4.78 is 12.8. The summed E-state index contributed by atoms with van der Waals surface area (Å²) in [6.45, 7) is 4.00. The van der Waals surface area contributed by atoms with Gasteiger partial charge in [-0.05, 0) is 24.6 Å². The summed E-state index contributed by atoms with van der Waals surface area (Å²) in [4.78, 5) is 0.738. The largest absolute Gasteiger partial charge is 0.398 e. The number of nitrogens with two attached hydrogens (primary N) is 1. The van der Waals surface area contributed by atoms with Crippen molar-refractivity contribution in [1.29, 1.82) is 0 Å². The van der Waals surface area contributed by atoms with Gasteiger partial charge in [-0.15, -0.1) is 0 Å². The fourth-order valence-corrected chi connectivity index (χ4v) is 2.68. The predicted octanol–water partition coefficient (Wildman–Crippen LogP) is 2.94. The summed E-state index contributed by atoms with van der Waals surface area (Å²) >= 11 is 3.32. The number of hydrogen-bond acceptors (Lipinski definition) is 2. The van der Waals surface area contributed by atoms with E-state index in [4.69, 9.17) is 5.73 Å². The Balaban J connectivity index is 3.02. The summed E-state index contributed by atoms with van der Waals surface area (Å²) in [5.41, 5.74) is 6.39. The van der Waals surface area contributed by atoms with Crippen LogP contribution in [0.15, 0.2) is 27.6 Å². The zero-order valence-electron chi connectivity index (χ0n) is 8.29. The van der Waals surface area contributed by atoms with Gasteiger partial charge in [0.25, 0.3) is 0 Å². The average molecular weight is 276 g/mol. The molecule has 1 aromatic carbocycles. The second-order valence-corrected chi connectivity index (χ2v) is 5.95. The first-order valence-electron chi connectivity index (χ1n) is 4.51. The standard InChI is InChI=1S/C10H14BrNOS/c1-3-7(2)14(13)10-5-4-8(11)6-9(10)12/h4-7H,3,12H2,1-2H3. The number of benzene rings is 1. The number of hydrogen-bond donors (Lipinski definition) is 1. The van der Waals surface area contributed by atoms with E-state index in [-0.39, 0.29) is 5.25 Å². The summed E-state index contributed by atoms with van der Waals surface area (Å²) in [7, 11) is -0.994. The van der Waals surface area contributed by atoms with Gasteiger partial charge in [0.1, 0.15) is 0 Å². The Morgan fingerprint density at radius 1 is 1.57 bits per heavy atom. The van der Waals surface area contributed by atoms with Crippen LogP contribution in [0.5, 0.6) is 0 Å². The second kappa shape index (κ2) is 4.94. The van der Waals surface area contributed by atoms with Crippen molar-refractivity contribution in [2.24, 2.45) is 0 Å². The third-order valence-corrected chi connectivity index (χ3v) is 4.49. The molecule has 0 heterocycles. The molecular weight excluding hydrogens is 262 g/mol. The minimum atomic E-state index is -0.994. The Labute approximate surface area is 95.5 Å². The van der Waals surface area contributed by atoms with Gasteiger partial charge in [0.15, 0.2) is 0 Å². The van der Waals surface area contributed by atoms with Crippen molar-refractivity contribution in [3.63, 3.8) is 0 Å². The smallest absolute Gasteiger partial charge is 0.0620 e. The molecule has 0 aliphatic rings. The molecule has 0 spiro atoms. The van der Waals surface area contributed by atoms with Crippen molar-refractivity contribution in [2.45, 2.75) is 30.4 Å². The maximum Gasteiger partial charge on any atom is 0.0620 e. The molecule has 0 radical (unpaired) electrons. The molecule has 0 saturated carbocycles. The second-order valence-electron chi connectivity index (χ2n) is 3.20. The minimum Gasteiger partial charge on any atom is -0.398 e. The maximum absolute atomic E-state index is 11.9. The summed E-state index contributed by atoms with van der Waals surface area (Å²) in [5.74, 6) is 0. The van der Waals surface area contributed by atoms with Crippen LogP contribution in [0.1, 0.15) is 20.3 Å². The fraction of sp³-hybridized carbons (Fsp3) is 0.400. The zero-order chi connectivity index (χ0) is 10.7. The molecule has 0 aliphatic carbocycles. The highest BCUT2D eigenvalue weighted by molar-refractivity contribution is 9.10. The van der Waals surface area contributed by atoms with Crippen LogP contribution in [0.25, 0.3) is 0 Å². The lowest BCUT2D eigenvalue weighted by atomic mass is 10.3. The average Bonchev–Trinajstić information content (AvgIpc) is 2.15. The third kappa shape index (κ3) is 2.58. The van der Waals surface area contributed by atoms with Gasteiger partial charge in [-0.2, -0.15) is 0 Å². The summed E-state index contributed by atoms with van der Waals surface area (Å²) in [6.07, 6.45) is 0.891. The van der Waals surface area contributed by atoms with Crippen molar-refractivity contribution in [3.05, 3.63) is 22.7 Å². The van der Waals surface area contributed by atoms with Gasteiger partial charge in [0.05, 0.1) is 15.7 Å². The Bertz CT molecular complexity index is 354. The van der Waals surface area contributed by atoms with E-state index in [1.807, 2.05) is 26.0 Å². The lowest BCUT2D eigenvalue weighted by molar-refractivity contribution is 0.670. The van der Waals surface area contributed by atoms with Crippen LogP contribution < -0.4 is 5.73 Å². The molecule has 0 bridgehead atoms. The lowest BCUT2D eigenvalue weighted by Crippen LogP contribution is -2.11. The number of halogens is 1. The molecule has 0 amide bonds. The highest BCUT2D eigenvalue weighted by atomic mass is 79.9. The zero-order valence-corrected chi connectivity index (χ0v) is 10.7. The number of nitrogen functional groups attached to an aromatic ring is 1. The molecule has 4 heteroatoms. The van der Waals surface area contributed by atoms with E-state index in [1.165, 1.54) is 0 Å². The topological polar surface area (TPSA) is 43.1 Å². The molecule has 0 fully saturated rings. The highest BCUT2D eigenvalue weighted by Gasteiger charge is 2.13. The molecular formula is C10H14BrNOS. The first kappa shape index (κ1) is 11.7. The van der Waals surface area contributed by atoms with Crippen LogP contribution in [0, 0.1) is 0 Å². The molecule has 2 N–H and O–H groups in total. The van der Waals surface area contributed by atoms with Gasteiger partial charge >= 0.3 is 0 Å². The van der Waals surface area contributed by atoms with Crippen molar-refractivity contribution in [3.8, 4) is 0 Å². The summed E-state index contributed by atoms with van der Waals surface area (Å²) in [6, 6.07) is 5.48. The van der Waals surface area contributed by atoms with E-state index in [0.717, 1.165) is 15.8 Å². The number of anilines is 1. The van der Waals surface area contributed by atoms with Gasteiger partial charge in [0, 0.05) is 15.4 Å². The molecule has 2 nitrogen and oxygen atoms in total. The normalized spacial score (nSPS) is 15.1. The van der Waals surface area contributed by atoms with E-state index in [0.29, 0.717) is 5.69 Å². The Morgan fingerprint density at radius 2 is 2.21 bits per heavy atom. The molecule has 1 aromatic rings. The first-order valence-corrected chi connectivity index (χ1v) is 6.52. The molecule has 0 aromatic heterocycles. The van der Waals surface area contributed by atoms with Crippen LogP contribution in [-0.4, -0.2) is 9.46 Å². The van der Waals surface area contributed by atoms with E-state index in [9.17, 15) is 4.21 Å². The molecule has 0 aliphatic heterocycles. The number of rotatable bonds is 3. The Hall–Kier alpha value is -0.350. The quantitative estimate of drug-likeness (QED) is 0.862. The van der Waals surface area contributed by atoms with E-state index in [1.54, 1.807) is 6.07 Å². The van der Waals surface area contributed by atoms with Gasteiger partial charge in [-0.3, -0.25) is 4.21 Å². The molecule has 78 valence electrons. The lowest BCUT2D eigenvalue weighted by Gasteiger charge is -2.10.